The van der Waals surface area contributed by atoms with Crippen molar-refractivity contribution in [3.63, 3.8) is 0 Å². The van der Waals surface area contributed by atoms with Crippen LogP contribution in [0.15, 0.2) is 53.0 Å². The van der Waals surface area contributed by atoms with Crippen LogP contribution in [0, 0.1) is 0 Å². The van der Waals surface area contributed by atoms with E-state index in [0.717, 1.165) is 22.9 Å². The number of hydrogen-bond donors (Lipinski definition) is 0. The summed E-state index contributed by atoms with van der Waals surface area (Å²) in [4.78, 5) is 29.2. The average Bonchev–Trinajstić information content (AvgIpc) is 3.08. The fourth-order valence-electron chi connectivity index (χ4n) is 4.38. The van der Waals surface area contributed by atoms with Gasteiger partial charge in [0.05, 0.1) is 17.6 Å². The molecule has 0 unspecified atom stereocenters. The molecule has 0 radical (unpaired) electrons. The maximum Gasteiger partial charge on any atom is 0.411 e. The van der Waals surface area contributed by atoms with E-state index < -0.39 is 0 Å². The van der Waals surface area contributed by atoms with Crippen LogP contribution in [0.5, 0.6) is 5.75 Å². The monoisotopic (exact) mass is 472 g/mol. The van der Waals surface area contributed by atoms with Crippen molar-refractivity contribution in [2.24, 2.45) is 0 Å². The number of hydrogen-bond acceptors (Lipinski definition) is 4. The molecule has 2 aliphatic rings. The molecule has 2 saturated heterocycles. The highest BCUT2D eigenvalue weighted by Crippen LogP contribution is 2.36. The van der Waals surface area contributed by atoms with Crippen LogP contribution in [0.1, 0.15) is 41.8 Å². The third-order valence-electron chi connectivity index (χ3n) is 5.99. The summed E-state index contributed by atoms with van der Waals surface area (Å²) in [6, 6.07) is 15.3. The zero-order valence-electron chi connectivity index (χ0n) is 17.1. The number of amides is 2. The molecule has 6 nitrogen and oxygen atoms in total. The number of carbonyl (C=O) groups excluding carboxylic acids is 2. The van der Waals surface area contributed by atoms with Gasteiger partial charge in [-0.15, -0.1) is 0 Å². The van der Waals surface area contributed by atoms with Crippen LogP contribution in [0.2, 0.25) is 0 Å². The van der Waals surface area contributed by atoms with Crippen molar-refractivity contribution in [2.45, 2.75) is 38.0 Å². The summed E-state index contributed by atoms with van der Waals surface area (Å²) in [6.45, 7) is 3.26. The van der Waals surface area contributed by atoms with Gasteiger partial charge in [0.2, 0.25) is 0 Å². The van der Waals surface area contributed by atoms with E-state index in [9.17, 15) is 9.59 Å². The predicted octanol–water partition coefficient (Wildman–Crippen LogP) is 4.64. The molecule has 2 aromatic carbocycles. The first-order valence-electron chi connectivity index (χ1n) is 10.2. The van der Waals surface area contributed by atoms with E-state index in [1.807, 2.05) is 47.1 Å². The molecule has 2 heterocycles. The maximum atomic E-state index is 12.9. The summed E-state index contributed by atoms with van der Waals surface area (Å²) in [6.07, 6.45) is 0.962. The summed E-state index contributed by atoms with van der Waals surface area (Å²) < 4.78 is 11.7. The zero-order chi connectivity index (χ0) is 21.3. The first-order chi connectivity index (χ1) is 14.5. The van der Waals surface area contributed by atoms with Gasteiger partial charge >= 0.3 is 6.09 Å². The van der Waals surface area contributed by atoms with Crippen molar-refractivity contribution < 1.29 is 19.1 Å². The van der Waals surface area contributed by atoms with Gasteiger partial charge in [0, 0.05) is 24.7 Å². The minimum absolute atomic E-state index is 0.00369. The van der Waals surface area contributed by atoms with Gasteiger partial charge in [-0.1, -0.05) is 30.3 Å². The lowest BCUT2D eigenvalue weighted by atomic mass is 9.98. The van der Waals surface area contributed by atoms with Crippen LogP contribution >= 0.6 is 15.9 Å². The van der Waals surface area contributed by atoms with Gasteiger partial charge in [-0.25, -0.2) is 4.79 Å². The van der Waals surface area contributed by atoms with Gasteiger partial charge < -0.3 is 14.4 Å². The van der Waals surface area contributed by atoms with Crippen LogP contribution in [-0.2, 0) is 4.74 Å². The molecule has 2 fully saturated rings. The van der Waals surface area contributed by atoms with Crippen LogP contribution in [-0.4, -0.2) is 54.1 Å². The minimum atomic E-state index is -0.264. The predicted molar refractivity (Wildman–Crippen MR) is 117 cm³/mol. The van der Waals surface area contributed by atoms with E-state index in [0.29, 0.717) is 24.4 Å². The van der Waals surface area contributed by atoms with Gasteiger partial charge in [-0.2, -0.15) is 0 Å². The van der Waals surface area contributed by atoms with Crippen LogP contribution < -0.4 is 4.74 Å². The van der Waals surface area contributed by atoms with Crippen molar-refractivity contribution in [1.29, 1.82) is 0 Å². The lowest BCUT2D eigenvalue weighted by molar-refractivity contribution is 0.0640. The molecule has 2 aromatic rings. The Labute approximate surface area is 184 Å². The Kier molecular flexibility index (Phi) is 5.99. The molecule has 0 saturated carbocycles. The fourth-order valence-corrected chi connectivity index (χ4v) is 4.92. The van der Waals surface area contributed by atoms with Crippen LogP contribution in [0.25, 0.3) is 0 Å². The van der Waals surface area contributed by atoms with E-state index in [1.165, 1.54) is 0 Å². The van der Waals surface area contributed by atoms with Gasteiger partial charge in [-0.05, 0) is 59.5 Å². The molecule has 0 N–H and O–H groups in total. The topological polar surface area (TPSA) is 59.1 Å². The number of nitrogens with zero attached hydrogens (tertiary/aromatic N) is 2. The smallest absolute Gasteiger partial charge is 0.411 e. The zero-order valence-corrected chi connectivity index (χ0v) is 18.7. The number of rotatable bonds is 4. The summed E-state index contributed by atoms with van der Waals surface area (Å²) >= 11 is 3.44. The lowest BCUT2D eigenvalue weighted by Crippen LogP contribution is -2.49. The highest BCUT2D eigenvalue weighted by molar-refractivity contribution is 9.10. The standard InChI is InChI=1S/C23H25BrN2O4/c1-15-21(16-6-4-3-5-7-16)30-23(28)26(15)18-10-12-25(13-11-18)22(27)17-8-9-20(29-2)19(24)14-17/h3-9,14-15,18,21H,10-13H2,1-2H3/t15-,21-/m1/s1. The molecule has 158 valence electrons. The van der Waals surface area contributed by atoms with E-state index in [2.05, 4.69) is 15.9 Å². The van der Waals surface area contributed by atoms with Gasteiger partial charge in [-0.3, -0.25) is 9.69 Å². The first-order valence-corrected chi connectivity index (χ1v) is 11.0. The quantitative estimate of drug-likeness (QED) is 0.649. The van der Waals surface area contributed by atoms with Crippen LogP contribution in [0.3, 0.4) is 0 Å². The van der Waals surface area contributed by atoms with Crippen molar-refractivity contribution in [2.75, 3.05) is 20.2 Å². The highest BCUT2D eigenvalue weighted by atomic mass is 79.9. The molecule has 2 atom stereocenters. The number of benzene rings is 2. The number of ether oxygens (including phenoxy) is 2. The van der Waals surface area contributed by atoms with E-state index in [4.69, 9.17) is 9.47 Å². The van der Waals surface area contributed by atoms with E-state index >= 15 is 0 Å². The minimum Gasteiger partial charge on any atom is -0.496 e. The molecule has 2 aliphatic heterocycles. The Bertz CT molecular complexity index is 928. The Morgan fingerprint density at radius 3 is 2.47 bits per heavy atom. The van der Waals surface area contributed by atoms with Crippen molar-refractivity contribution in [1.82, 2.24) is 9.80 Å². The van der Waals surface area contributed by atoms with E-state index in [-0.39, 0.29) is 30.2 Å². The molecule has 7 heteroatoms. The molecular formula is C23H25BrN2O4. The largest absolute Gasteiger partial charge is 0.496 e. The molecule has 0 spiro atoms. The second-order valence-corrected chi connectivity index (χ2v) is 8.59. The Hall–Kier alpha value is -2.54. The van der Waals surface area contributed by atoms with Crippen molar-refractivity contribution >= 4 is 27.9 Å². The maximum absolute atomic E-state index is 12.9. The summed E-state index contributed by atoms with van der Waals surface area (Å²) in [7, 11) is 1.60. The number of likely N-dealkylation sites (tertiary alicyclic amines) is 1. The summed E-state index contributed by atoms with van der Waals surface area (Å²) in [5, 5.41) is 0. The molecule has 0 bridgehead atoms. The second kappa shape index (κ2) is 8.68. The number of halogens is 1. The van der Waals surface area contributed by atoms with Gasteiger partial charge in [0.15, 0.2) is 0 Å². The number of methoxy groups -OCH3 is 1. The SMILES string of the molecule is COc1ccc(C(=O)N2CCC(N3C(=O)O[C@@H](c4ccccc4)[C@H]3C)CC2)cc1Br. The molecule has 2 amide bonds. The lowest BCUT2D eigenvalue weighted by Gasteiger charge is -2.37. The van der Waals surface area contributed by atoms with Crippen molar-refractivity contribution in [3.05, 3.63) is 64.1 Å². The second-order valence-electron chi connectivity index (χ2n) is 7.74. The average molecular weight is 473 g/mol. The third kappa shape index (κ3) is 3.90. The molecule has 4 rings (SSSR count). The van der Waals surface area contributed by atoms with Gasteiger partial charge in [0.1, 0.15) is 11.9 Å². The van der Waals surface area contributed by atoms with Gasteiger partial charge in [0.25, 0.3) is 5.91 Å². The molecule has 0 aromatic heterocycles. The number of piperidine rings is 1. The summed E-state index contributed by atoms with van der Waals surface area (Å²) in [5.41, 5.74) is 1.64. The Balaban J connectivity index is 1.40. The number of cyclic esters (lactones) is 1. The Morgan fingerprint density at radius 2 is 1.83 bits per heavy atom. The molecule has 30 heavy (non-hydrogen) atoms. The van der Waals surface area contributed by atoms with E-state index in [1.54, 1.807) is 25.3 Å². The van der Waals surface area contributed by atoms with Crippen LogP contribution in [0.4, 0.5) is 4.79 Å². The first kappa shape index (κ1) is 20.7. The highest BCUT2D eigenvalue weighted by Gasteiger charge is 2.44. The summed E-state index contributed by atoms with van der Waals surface area (Å²) in [5.74, 6) is 0.691. The normalized spacial score (nSPS) is 22.2. The van der Waals surface area contributed by atoms with Crippen molar-refractivity contribution in [3.8, 4) is 5.75 Å². The molecular weight excluding hydrogens is 448 g/mol. The molecule has 0 aliphatic carbocycles. The Morgan fingerprint density at radius 1 is 1.13 bits per heavy atom. The number of carbonyl (C=O) groups is 2. The third-order valence-corrected chi connectivity index (χ3v) is 6.61. The fraction of sp³-hybridized carbons (Fsp3) is 0.391.